The van der Waals surface area contributed by atoms with Crippen LogP contribution >= 0.6 is 0 Å². The van der Waals surface area contributed by atoms with Crippen LogP contribution in [0.4, 0.5) is 17.1 Å². The van der Waals surface area contributed by atoms with Crippen molar-refractivity contribution in [1.29, 1.82) is 0 Å². The molecule has 1 aromatic heterocycles. The Labute approximate surface area is 150 Å². The van der Waals surface area contributed by atoms with Gasteiger partial charge in [-0.05, 0) is 29.5 Å². The minimum atomic E-state index is -0.537. The highest BCUT2D eigenvalue weighted by molar-refractivity contribution is 5.90. The monoisotopic (exact) mass is 369 g/mol. The first-order chi connectivity index (χ1) is 12.9. The number of nitrogens with zero attached hydrogens (tertiary/aromatic N) is 6. The van der Waals surface area contributed by atoms with Gasteiger partial charge in [0.15, 0.2) is 0 Å². The second-order valence-corrected chi connectivity index (χ2v) is 5.30. The molecule has 0 saturated carbocycles. The molecule has 0 bridgehead atoms. The summed E-state index contributed by atoms with van der Waals surface area (Å²) in [5.41, 5.74) is 0.760. The van der Waals surface area contributed by atoms with Gasteiger partial charge in [0.2, 0.25) is 11.7 Å². The van der Waals surface area contributed by atoms with E-state index in [4.69, 9.17) is 0 Å². The Bertz CT molecular complexity index is 998. The molecule has 1 amide bonds. The minimum Gasteiger partial charge on any atom is -0.324 e. The predicted molar refractivity (Wildman–Crippen MR) is 91.6 cm³/mol. The fourth-order valence-electron chi connectivity index (χ4n) is 2.15. The quantitative estimate of drug-likeness (QED) is 0.508. The zero-order valence-corrected chi connectivity index (χ0v) is 13.6. The number of carbonyl (C=O) groups excluding carboxylic acids is 1. The largest absolute Gasteiger partial charge is 0.324 e. The number of tetrazole rings is 1. The summed E-state index contributed by atoms with van der Waals surface area (Å²) in [5, 5.41) is 35.4. The number of nitrogens with one attached hydrogen (secondary N) is 1. The molecule has 12 nitrogen and oxygen atoms in total. The second kappa shape index (κ2) is 7.35. The van der Waals surface area contributed by atoms with Crippen LogP contribution in [0.1, 0.15) is 0 Å². The van der Waals surface area contributed by atoms with Crippen LogP contribution in [-0.4, -0.2) is 36.0 Å². The third-order valence-corrected chi connectivity index (χ3v) is 3.44. The van der Waals surface area contributed by atoms with Gasteiger partial charge in [-0.2, -0.15) is 4.80 Å². The summed E-state index contributed by atoms with van der Waals surface area (Å²) < 4.78 is 0. The zero-order valence-electron chi connectivity index (χ0n) is 13.6. The molecule has 3 aromatic rings. The van der Waals surface area contributed by atoms with Crippen LogP contribution in [0.15, 0.2) is 48.5 Å². The van der Waals surface area contributed by atoms with E-state index in [-0.39, 0.29) is 23.7 Å². The number of rotatable bonds is 6. The van der Waals surface area contributed by atoms with Crippen molar-refractivity contribution in [2.45, 2.75) is 6.54 Å². The van der Waals surface area contributed by atoms with E-state index in [9.17, 15) is 25.0 Å². The maximum Gasteiger partial charge on any atom is 0.269 e. The van der Waals surface area contributed by atoms with Crippen LogP contribution in [0.5, 0.6) is 0 Å². The Morgan fingerprint density at radius 3 is 2.07 bits per heavy atom. The van der Waals surface area contributed by atoms with Crippen molar-refractivity contribution < 1.29 is 14.6 Å². The lowest BCUT2D eigenvalue weighted by Gasteiger charge is -2.03. The van der Waals surface area contributed by atoms with E-state index in [2.05, 4.69) is 20.7 Å². The zero-order chi connectivity index (χ0) is 19.4. The molecule has 1 N–H and O–H groups in total. The molecule has 0 fully saturated rings. The standard InChI is InChI=1S/C15H11N7O5/c23-14(16-11-3-7-13(8-4-11)22(26)27)9-20-18-15(17-19-20)10-1-5-12(6-2-10)21(24)25/h1-8H,9H2,(H,16,23). The predicted octanol–water partition coefficient (Wildman–Crippen LogP) is 1.80. The third-order valence-electron chi connectivity index (χ3n) is 3.44. The Morgan fingerprint density at radius 1 is 0.963 bits per heavy atom. The van der Waals surface area contributed by atoms with Crippen LogP contribution in [0, 0.1) is 20.2 Å². The average Bonchev–Trinajstić information content (AvgIpc) is 3.10. The molecule has 0 aliphatic heterocycles. The van der Waals surface area contributed by atoms with Gasteiger partial charge >= 0.3 is 0 Å². The van der Waals surface area contributed by atoms with Crippen LogP contribution < -0.4 is 5.32 Å². The number of nitro benzene ring substituents is 2. The molecule has 0 atom stereocenters. The van der Waals surface area contributed by atoms with Gasteiger partial charge < -0.3 is 5.32 Å². The summed E-state index contributed by atoms with van der Waals surface area (Å²) in [7, 11) is 0. The van der Waals surface area contributed by atoms with E-state index < -0.39 is 15.8 Å². The molecule has 0 radical (unpaired) electrons. The number of anilines is 1. The minimum absolute atomic E-state index is 0.0615. The molecule has 1 heterocycles. The van der Waals surface area contributed by atoms with Crippen LogP contribution in [-0.2, 0) is 11.3 Å². The summed E-state index contributed by atoms with van der Waals surface area (Å²) in [5.74, 6) is -0.232. The van der Waals surface area contributed by atoms with E-state index >= 15 is 0 Å². The highest BCUT2D eigenvalue weighted by Gasteiger charge is 2.12. The number of non-ortho nitro benzene ring substituents is 2. The first-order valence-electron chi connectivity index (χ1n) is 7.49. The lowest BCUT2D eigenvalue weighted by Crippen LogP contribution is -2.20. The summed E-state index contributed by atoms with van der Waals surface area (Å²) in [6.07, 6.45) is 0. The molecule has 2 aromatic carbocycles. The Balaban J connectivity index is 1.63. The van der Waals surface area contributed by atoms with Gasteiger partial charge in [-0.1, -0.05) is 0 Å². The van der Waals surface area contributed by atoms with Gasteiger partial charge in [0.1, 0.15) is 6.54 Å². The second-order valence-electron chi connectivity index (χ2n) is 5.30. The van der Waals surface area contributed by atoms with Crippen molar-refractivity contribution in [2.24, 2.45) is 0 Å². The summed E-state index contributed by atoms with van der Waals surface area (Å²) >= 11 is 0. The van der Waals surface area contributed by atoms with Crippen LogP contribution in [0.25, 0.3) is 11.4 Å². The molecule has 0 spiro atoms. The SMILES string of the molecule is O=C(Cn1nnc(-c2ccc([N+](=O)[O-])cc2)n1)Nc1ccc([N+](=O)[O-])cc1. The fourth-order valence-corrected chi connectivity index (χ4v) is 2.15. The smallest absolute Gasteiger partial charge is 0.269 e. The third kappa shape index (κ3) is 4.25. The van der Waals surface area contributed by atoms with Crippen LogP contribution in [0.2, 0.25) is 0 Å². The van der Waals surface area contributed by atoms with Gasteiger partial charge in [-0.25, -0.2) is 0 Å². The van der Waals surface area contributed by atoms with Gasteiger partial charge in [-0.15, -0.1) is 10.2 Å². The number of hydrogen-bond donors (Lipinski definition) is 1. The Kier molecular flexibility index (Phi) is 4.79. The maximum atomic E-state index is 12.0. The molecular formula is C15H11N7O5. The Morgan fingerprint density at radius 2 is 1.52 bits per heavy atom. The Hall–Kier alpha value is -4.22. The van der Waals surface area contributed by atoms with E-state index in [1.807, 2.05) is 0 Å². The van der Waals surface area contributed by atoms with Gasteiger partial charge in [-0.3, -0.25) is 25.0 Å². The van der Waals surface area contributed by atoms with Crippen molar-refractivity contribution >= 4 is 23.0 Å². The number of carbonyl (C=O) groups is 1. The van der Waals surface area contributed by atoms with Gasteiger partial charge in [0.05, 0.1) is 9.85 Å². The van der Waals surface area contributed by atoms with Gasteiger partial charge in [0, 0.05) is 35.5 Å². The van der Waals surface area contributed by atoms with E-state index in [1.165, 1.54) is 48.5 Å². The summed E-state index contributed by atoms with van der Waals surface area (Å²) in [6, 6.07) is 11.0. The molecule has 12 heteroatoms. The summed E-state index contributed by atoms with van der Waals surface area (Å²) in [6.45, 7) is -0.225. The van der Waals surface area contributed by atoms with Crippen molar-refractivity contribution in [3.05, 3.63) is 68.8 Å². The molecule has 136 valence electrons. The van der Waals surface area contributed by atoms with Crippen molar-refractivity contribution in [3.8, 4) is 11.4 Å². The first kappa shape index (κ1) is 17.6. The molecule has 0 saturated heterocycles. The number of nitro groups is 2. The normalized spacial score (nSPS) is 10.4. The maximum absolute atomic E-state index is 12.0. The molecule has 27 heavy (non-hydrogen) atoms. The van der Waals surface area contributed by atoms with Crippen LogP contribution in [0.3, 0.4) is 0 Å². The molecule has 0 unspecified atom stereocenters. The summed E-state index contributed by atoms with van der Waals surface area (Å²) in [4.78, 5) is 33.3. The molecule has 0 aliphatic rings. The lowest BCUT2D eigenvalue weighted by atomic mass is 10.2. The highest BCUT2D eigenvalue weighted by Crippen LogP contribution is 2.18. The molecule has 0 aliphatic carbocycles. The molecular weight excluding hydrogens is 358 g/mol. The van der Waals surface area contributed by atoms with E-state index in [0.29, 0.717) is 11.3 Å². The highest BCUT2D eigenvalue weighted by atomic mass is 16.6. The van der Waals surface area contributed by atoms with E-state index in [0.717, 1.165) is 4.80 Å². The number of aromatic nitrogens is 4. The average molecular weight is 369 g/mol. The number of amides is 1. The topological polar surface area (TPSA) is 159 Å². The van der Waals surface area contributed by atoms with Crippen molar-refractivity contribution in [3.63, 3.8) is 0 Å². The first-order valence-corrected chi connectivity index (χ1v) is 7.49. The number of benzene rings is 2. The molecule has 3 rings (SSSR count). The fraction of sp³-hybridized carbons (Fsp3) is 0.0667. The van der Waals surface area contributed by atoms with E-state index in [1.54, 1.807) is 0 Å². The van der Waals surface area contributed by atoms with Gasteiger partial charge in [0.25, 0.3) is 11.4 Å². The van der Waals surface area contributed by atoms with Crippen molar-refractivity contribution in [2.75, 3.05) is 5.32 Å². The number of hydrogen-bond acceptors (Lipinski definition) is 8. The van der Waals surface area contributed by atoms with Crippen molar-refractivity contribution in [1.82, 2.24) is 20.2 Å². The lowest BCUT2D eigenvalue weighted by molar-refractivity contribution is -0.385.